The molecule has 3 amide bonds. The van der Waals surface area contributed by atoms with E-state index in [1.54, 1.807) is 13.8 Å². The predicted octanol–water partition coefficient (Wildman–Crippen LogP) is 2.31. The topological polar surface area (TPSA) is 163 Å². The molecular formula is C25H28F3N7O5S. The summed E-state index contributed by atoms with van der Waals surface area (Å²) in [6.45, 7) is 4.71. The molecule has 0 aliphatic carbocycles. The largest absolute Gasteiger partial charge is 0.418 e. The molecule has 3 aromatic rings. The molecule has 3 heterocycles. The summed E-state index contributed by atoms with van der Waals surface area (Å²) in [5, 5.41) is 6.60. The molecule has 4 rings (SSSR count). The second-order valence-corrected chi connectivity index (χ2v) is 11.0. The van der Waals surface area contributed by atoms with Gasteiger partial charge in [0.2, 0.25) is 5.91 Å². The molecule has 2 aromatic heterocycles. The molecule has 41 heavy (non-hydrogen) atoms. The number of benzene rings is 1. The van der Waals surface area contributed by atoms with Gasteiger partial charge in [-0.2, -0.15) is 18.3 Å². The molecule has 220 valence electrons. The molecule has 12 nitrogen and oxygen atoms in total. The van der Waals surface area contributed by atoms with E-state index in [4.69, 9.17) is 10.3 Å². The van der Waals surface area contributed by atoms with E-state index in [0.717, 1.165) is 16.9 Å². The summed E-state index contributed by atoms with van der Waals surface area (Å²) in [6, 6.07) is 5.07. The van der Waals surface area contributed by atoms with Crippen LogP contribution in [0.1, 0.15) is 43.1 Å². The number of anilines is 2. The third-order valence-corrected chi connectivity index (χ3v) is 7.51. The molecule has 1 saturated heterocycles. The summed E-state index contributed by atoms with van der Waals surface area (Å²) in [5.41, 5.74) is 3.36. The number of nitrogen functional groups attached to an aromatic ring is 1. The summed E-state index contributed by atoms with van der Waals surface area (Å²) in [4.78, 5) is 45.4. The van der Waals surface area contributed by atoms with Gasteiger partial charge >= 0.3 is 6.18 Å². The molecule has 0 spiro atoms. The number of carbonyl (C=O) groups excluding carboxylic acids is 3. The molecule has 16 heteroatoms. The van der Waals surface area contributed by atoms with Crippen molar-refractivity contribution in [2.45, 2.75) is 38.9 Å². The van der Waals surface area contributed by atoms with Gasteiger partial charge in [-0.15, -0.1) is 0 Å². The first-order valence-electron chi connectivity index (χ1n) is 12.4. The number of amides is 3. The number of nitrogens with zero attached hydrogens (tertiary/aromatic N) is 5. The average Bonchev–Trinajstić information content (AvgIpc) is 3.29. The summed E-state index contributed by atoms with van der Waals surface area (Å²) in [5.74, 6) is -1.84. The van der Waals surface area contributed by atoms with Gasteiger partial charge in [0.15, 0.2) is 16.9 Å². The Balaban J connectivity index is 1.85. The number of piperazine rings is 1. The predicted molar refractivity (Wildman–Crippen MR) is 144 cm³/mol. The van der Waals surface area contributed by atoms with E-state index < -0.39 is 45.7 Å². The highest BCUT2D eigenvalue weighted by Gasteiger charge is 2.44. The van der Waals surface area contributed by atoms with Crippen LogP contribution in [0.2, 0.25) is 0 Å². The van der Waals surface area contributed by atoms with Crippen molar-refractivity contribution < 1.29 is 36.3 Å². The van der Waals surface area contributed by atoms with Crippen molar-refractivity contribution in [2.24, 2.45) is 0 Å². The highest BCUT2D eigenvalue weighted by atomic mass is 32.2. The molecule has 1 fully saturated rings. The maximum atomic E-state index is 13.9. The van der Waals surface area contributed by atoms with Crippen molar-refractivity contribution in [3.8, 4) is 11.3 Å². The Morgan fingerprint density at radius 2 is 1.93 bits per heavy atom. The van der Waals surface area contributed by atoms with Gasteiger partial charge in [0, 0.05) is 32.1 Å². The molecule has 1 aromatic carbocycles. The molecule has 1 unspecified atom stereocenters. The summed E-state index contributed by atoms with van der Waals surface area (Å²) >= 11 is -2.03. The van der Waals surface area contributed by atoms with E-state index in [9.17, 15) is 31.8 Å². The van der Waals surface area contributed by atoms with E-state index in [0.29, 0.717) is 0 Å². The molecule has 0 radical (unpaired) electrons. The lowest BCUT2D eigenvalue weighted by molar-refractivity contribution is -0.145. The van der Waals surface area contributed by atoms with E-state index in [1.807, 2.05) is 0 Å². The zero-order valence-corrected chi connectivity index (χ0v) is 23.2. The van der Waals surface area contributed by atoms with Gasteiger partial charge in [0.25, 0.3) is 11.8 Å². The van der Waals surface area contributed by atoms with Crippen LogP contribution >= 0.6 is 0 Å². The quantitative estimate of drug-likeness (QED) is 0.277. The molecule has 0 bridgehead atoms. The highest BCUT2D eigenvalue weighted by molar-refractivity contribution is 7.79. The van der Waals surface area contributed by atoms with Gasteiger partial charge < -0.3 is 25.4 Å². The number of nitrogens with one attached hydrogen (secondary N) is 1. The third-order valence-electron chi connectivity index (χ3n) is 6.87. The van der Waals surface area contributed by atoms with Gasteiger partial charge in [0.1, 0.15) is 17.4 Å². The molecule has 0 saturated carbocycles. The maximum absolute atomic E-state index is 13.9. The van der Waals surface area contributed by atoms with Crippen molar-refractivity contribution in [3.05, 3.63) is 41.7 Å². The number of halogens is 3. The minimum absolute atomic E-state index is 0.00543. The standard InChI is InChI=1S/C25H28F3N7O5S/c1-14(36)34-9-8-33(23(38)24(34,2)3)19-11-15(5-6-16(19)22(37)30-7-4-10-41(39)40)18-12-17(25(26,27)28)20-21(29)31-13-32-35(18)20/h5-6,11-13H,4,7-10H2,1-3H3,(H,30,37)(H,39,40)(H2,29,31,32). The number of rotatable bonds is 7. The van der Waals surface area contributed by atoms with Gasteiger partial charge in [-0.3, -0.25) is 14.4 Å². The Kier molecular flexibility index (Phi) is 8.09. The van der Waals surface area contributed by atoms with E-state index >= 15 is 0 Å². The normalized spacial score (nSPS) is 16.2. The highest BCUT2D eigenvalue weighted by Crippen LogP contribution is 2.40. The van der Waals surface area contributed by atoms with Gasteiger partial charge in [-0.05, 0) is 38.5 Å². The Morgan fingerprint density at radius 1 is 1.22 bits per heavy atom. The summed E-state index contributed by atoms with van der Waals surface area (Å²) < 4.78 is 62.6. The minimum Gasteiger partial charge on any atom is -0.382 e. The van der Waals surface area contributed by atoms with E-state index in [2.05, 4.69) is 15.4 Å². The van der Waals surface area contributed by atoms with Crippen LogP contribution in [-0.4, -0.2) is 76.9 Å². The summed E-state index contributed by atoms with van der Waals surface area (Å²) in [6.07, 6.45) is -3.55. The average molecular weight is 596 g/mol. The first-order chi connectivity index (χ1) is 19.1. The van der Waals surface area contributed by atoms with Crippen LogP contribution in [0.25, 0.3) is 16.8 Å². The number of hydrogen-bond donors (Lipinski definition) is 3. The maximum Gasteiger partial charge on any atom is 0.418 e. The second kappa shape index (κ2) is 11.1. The van der Waals surface area contributed by atoms with Crippen molar-refractivity contribution in [1.29, 1.82) is 0 Å². The number of aromatic nitrogens is 3. The lowest BCUT2D eigenvalue weighted by Gasteiger charge is -2.45. The number of carbonyl (C=O) groups is 3. The number of fused-ring (bicyclic) bond motifs is 1. The number of hydrogen-bond acceptors (Lipinski definition) is 7. The fourth-order valence-electron chi connectivity index (χ4n) is 4.90. The van der Waals surface area contributed by atoms with Gasteiger partial charge in [0.05, 0.1) is 28.3 Å². The van der Waals surface area contributed by atoms with Crippen LogP contribution in [0.15, 0.2) is 30.6 Å². The smallest absolute Gasteiger partial charge is 0.382 e. The van der Waals surface area contributed by atoms with Crippen molar-refractivity contribution in [1.82, 2.24) is 24.8 Å². The third kappa shape index (κ3) is 5.74. The SMILES string of the molecule is CC(=O)N1CCN(c2cc(-c3cc(C(F)(F)F)c4c(N)ncnn34)ccc2C(=O)NCCCS(=O)O)C(=O)C1(C)C. The van der Waals surface area contributed by atoms with Gasteiger partial charge in [-0.1, -0.05) is 6.07 Å². The first-order valence-corrected chi connectivity index (χ1v) is 13.7. The van der Waals surface area contributed by atoms with Crippen molar-refractivity contribution in [2.75, 3.05) is 36.0 Å². The Bertz CT molecular complexity index is 1560. The van der Waals surface area contributed by atoms with E-state index in [-0.39, 0.29) is 66.0 Å². The molecule has 1 aliphatic rings. The lowest BCUT2D eigenvalue weighted by atomic mass is 9.95. The van der Waals surface area contributed by atoms with Crippen LogP contribution in [0.5, 0.6) is 0 Å². The summed E-state index contributed by atoms with van der Waals surface area (Å²) in [7, 11) is 0. The zero-order chi connectivity index (χ0) is 30.3. The number of alkyl halides is 3. The van der Waals surface area contributed by atoms with Gasteiger partial charge in [-0.25, -0.2) is 13.7 Å². The molecule has 1 atom stereocenters. The van der Waals surface area contributed by atoms with Crippen LogP contribution in [-0.2, 0) is 26.8 Å². The molecule has 1 aliphatic heterocycles. The number of nitrogens with two attached hydrogens (primary N) is 1. The fourth-order valence-corrected chi connectivity index (χ4v) is 5.29. The first kappa shape index (κ1) is 29.9. The van der Waals surface area contributed by atoms with Crippen molar-refractivity contribution in [3.63, 3.8) is 0 Å². The lowest BCUT2D eigenvalue weighted by Crippen LogP contribution is -2.64. The fraction of sp³-hybridized carbons (Fsp3) is 0.400. The van der Waals surface area contributed by atoms with Crippen LogP contribution in [0, 0.1) is 0 Å². The second-order valence-electron chi connectivity index (χ2n) is 9.90. The van der Waals surface area contributed by atoms with Crippen molar-refractivity contribution >= 4 is 45.8 Å². The minimum atomic E-state index is -4.77. The van der Waals surface area contributed by atoms with Crippen LogP contribution in [0.3, 0.4) is 0 Å². The Morgan fingerprint density at radius 3 is 2.56 bits per heavy atom. The van der Waals surface area contributed by atoms with E-state index in [1.165, 1.54) is 34.9 Å². The van der Waals surface area contributed by atoms with Crippen LogP contribution < -0.4 is 16.0 Å². The molecule has 4 N–H and O–H groups in total. The Hall–Kier alpha value is -4.05. The monoisotopic (exact) mass is 595 g/mol. The molecular weight excluding hydrogens is 567 g/mol. The zero-order valence-electron chi connectivity index (χ0n) is 22.4. The Labute approximate surface area is 235 Å². The van der Waals surface area contributed by atoms with Crippen LogP contribution in [0.4, 0.5) is 24.7 Å².